The van der Waals surface area contributed by atoms with Crippen LogP contribution in [0.3, 0.4) is 0 Å². The lowest BCUT2D eigenvalue weighted by Gasteiger charge is -2.08. The van der Waals surface area contributed by atoms with Crippen LogP contribution in [-0.4, -0.2) is 20.7 Å². The highest BCUT2D eigenvalue weighted by molar-refractivity contribution is 6.04. The monoisotopic (exact) mass is 303 g/mol. The minimum absolute atomic E-state index is 0.294. The molecule has 0 radical (unpaired) electrons. The Bertz CT molecular complexity index is 893. The maximum Gasteiger partial charge on any atom is 0.256 e. The van der Waals surface area contributed by atoms with Crippen LogP contribution in [0.4, 0.5) is 5.82 Å². The lowest BCUT2D eigenvalue weighted by molar-refractivity contribution is 0.102. The summed E-state index contributed by atoms with van der Waals surface area (Å²) in [5.41, 5.74) is 2.44. The van der Waals surface area contributed by atoms with Gasteiger partial charge in [0.25, 0.3) is 5.91 Å². The van der Waals surface area contributed by atoms with Crippen molar-refractivity contribution in [1.82, 2.24) is 14.8 Å². The molecule has 0 bridgehead atoms. The number of pyridine rings is 1. The quantitative estimate of drug-likeness (QED) is 0.806. The number of carbonyl (C=O) groups is 1. The van der Waals surface area contributed by atoms with Crippen molar-refractivity contribution in [1.29, 1.82) is 5.26 Å². The standard InChI is InChI=1S/C17H13N5O/c1-12-9-16(22(21-12)15-5-7-19-8-6-15)20-17(23)14-4-2-3-13(10-14)11-18/h2-10H,1H3,(H,20,23). The molecule has 6 heteroatoms. The number of nitrogens with one attached hydrogen (secondary N) is 1. The lowest BCUT2D eigenvalue weighted by Crippen LogP contribution is -2.15. The van der Waals surface area contributed by atoms with Crippen molar-refractivity contribution in [3.05, 3.63) is 71.7 Å². The molecule has 0 fully saturated rings. The van der Waals surface area contributed by atoms with Gasteiger partial charge in [-0.25, -0.2) is 4.68 Å². The number of nitrogens with zero attached hydrogens (tertiary/aromatic N) is 4. The minimum atomic E-state index is -0.294. The van der Waals surface area contributed by atoms with E-state index in [1.807, 2.05) is 13.0 Å². The molecule has 0 aliphatic carbocycles. The van der Waals surface area contributed by atoms with Crippen molar-refractivity contribution in [2.75, 3.05) is 5.32 Å². The summed E-state index contributed by atoms with van der Waals surface area (Å²) in [5.74, 6) is 0.262. The Hall–Kier alpha value is -3.46. The molecule has 3 aromatic rings. The summed E-state index contributed by atoms with van der Waals surface area (Å²) in [6.45, 7) is 1.85. The zero-order valence-corrected chi connectivity index (χ0v) is 12.4. The van der Waals surface area contributed by atoms with Crippen molar-refractivity contribution in [2.24, 2.45) is 0 Å². The van der Waals surface area contributed by atoms with Crippen LogP contribution in [0.5, 0.6) is 0 Å². The first-order valence-electron chi connectivity index (χ1n) is 6.96. The topological polar surface area (TPSA) is 83.6 Å². The largest absolute Gasteiger partial charge is 0.306 e. The molecule has 1 amide bonds. The number of benzene rings is 1. The Balaban J connectivity index is 1.91. The van der Waals surface area contributed by atoms with Gasteiger partial charge >= 0.3 is 0 Å². The fourth-order valence-corrected chi connectivity index (χ4v) is 2.19. The summed E-state index contributed by atoms with van der Waals surface area (Å²) >= 11 is 0. The zero-order chi connectivity index (χ0) is 16.2. The summed E-state index contributed by atoms with van der Waals surface area (Å²) in [7, 11) is 0. The first-order valence-corrected chi connectivity index (χ1v) is 6.96. The molecule has 0 aliphatic heterocycles. The van der Waals surface area contributed by atoms with E-state index >= 15 is 0 Å². The van der Waals surface area contributed by atoms with Crippen molar-refractivity contribution >= 4 is 11.7 Å². The highest BCUT2D eigenvalue weighted by Crippen LogP contribution is 2.17. The lowest BCUT2D eigenvalue weighted by atomic mass is 10.1. The molecule has 6 nitrogen and oxygen atoms in total. The second kappa shape index (κ2) is 6.12. The molecule has 2 heterocycles. The maximum absolute atomic E-state index is 12.4. The Morgan fingerprint density at radius 2 is 2.00 bits per heavy atom. The molecule has 0 saturated heterocycles. The molecular formula is C17H13N5O. The first-order chi connectivity index (χ1) is 11.2. The average Bonchev–Trinajstić information content (AvgIpc) is 2.96. The molecule has 0 aliphatic rings. The Morgan fingerprint density at radius 1 is 1.22 bits per heavy atom. The fraction of sp³-hybridized carbons (Fsp3) is 0.0588. The van der Waals surface area contributed by atoms with Gasteiger partial charge in [0.2, 0.25) is 0 Å². The van der Waals surface area contributed by atoms with Crippen molar-refractivity contribution < 1.29 is 4.79 Å². The van der Waals surface area contributed by atoms with Gasteiger partial charge in [0.05, 0.1) is 23.0 Å². The molecule has 112 valence electrons. The third kappa shape index (κ3) is 3.09. The number of aryl methyl sites for hydroxylation is 1. The number of hydrogen-bond donors (Lipinski definition) is 1. The molecule has 0 atom stereocenters. The number of aromatic nitrogens is 3. The van der Waals surface area contributed by atoms with E-state index in [1.165, 1.54) is 0 Å². The molecule has 23 heavy (non-hydrogen) atoms. The highest BCUT2D eigenvalue weighted by Gasteiger charge is 2.12. The number of hydrogen-bond acceptors (Lipinski definition) is 4. The van der Waals surface area contributed by atoms with Gasteiger partial charge in [-0.2, -0.15) is 10.4 Å². The van der Waals surface area contributed by atoms with Crippen LogP contribution in [0, 0.1) is 18.3 Å². The van der Waals surface area contributed by atoms with Gasteiger partial charge in [-0.05, 0) is 37.3 Å². The van der Waals surface area contributed by atoms with Gasteiger partial charge < -0.3 is 5.32 Å². The van der Waals surface area contributed by atoms with Gasteiger partial charge in [0, 0.05) is 24.0 Å². The summed E-state index contributed by atoms with van der Waals surface area (Å²) in [6.07, 6.45) is 3.32. The zero-order valence-electron chi connectivity index (χ0n) is 12.4. The number of rotatable bonds is 3. The Labute approximate surface area is 133 Å². The van der Waals surface area contributed by atoms with E-state index in [-0.39, 0.29) is 5.91 Å². The molecule has 3 rings (SSSR count). The van der Waals surface area contributed by atoms with Crippen molar-refractivity contribution in [3.63, 3.8) is 0 Å². The second-order valence-electron chi connectivity index (χ2n) is 4.93. The molecule has 1 aromatic carbocycles. The number of anilines is 1. The van der Waals surface area contributed by atoms with Gasteiger partial charge in [-0.1, -0.05) is 6.07 Å². The molecule has 0 saturated carbocycles. The summed E-state index contributed by atoms with van der Waals surface area (Å²) in [6, 6.07) is 14.0. The van der Waals surface area contributed by atoms with Crippen molar-refractivity contribution in [3.8, 4) is 11.8 Å². The molecule has 1 N–H and O–H groups in total. The van der Waals surface area contributed by atoms with E-state index in [0.29, 0.717) is 16.9 Å². The van der Waals surface area contributed by atoms with Crippen LogP contribution < -0.4 is 5.32 Å². The SMILES string of the molecule is Cc1cc(NC(=O)c2cccc(C#N)c2)n(-c2ccncc2)n1. The average molecular weight is 303 g/mol. The highest BCUT2D eigenvalue weighted by atomic mass is 16.1. The van der Waals surface area contributed by atoms with E-state index in [1.54, 1.807) is 59.5 Å². The number of nitriles is 1. The molecule has 2 aromatic heterocycles. The van der Waals surface area contributed by atoms with E-state index < -0.39 is 0 Å². The van der Waals surface area contributed by atoms with Crippen molar-refractivity contribution in [2.45, 2.75) is 6.92 Å². The minimum Gasteiger partial charge on any atom is -0.306 e. The summed E-state index contributed by atoms with van der Waals surface area (Å²) < 4.78 is 1.64. The predicted molar refractivity (Wildman–Crippen MR) is 85.2 cm³/mol. The smallest absolute Gasteiger partial charge is 0.256 e. The Morgan fingerprint density at radius 3 is 2.74 bits per heavy atom. The van der Waals surface area contributed by atoms with E-state index in [4.69, 9.17) is 5.26 Å². The van der Waals surface area contributed by atoms with Crippen LogP contribution in [0.25, 0.3) is 5.69 Å². The third-order valence-corrected chi connectivity index (χ3v) is 3.23. The van der Waals surface area contributed by atoms with Crippen LogP contribution in [0.15, 0.2) is 54.9 Å². The predicted octanol–water partition coefficient (Wildman–Crippen LogP) is 2.70. The number of carbonyl (C=O) groups excluding carboxylic acids is 1. The number of amides is 1. The van der Waals surface area contributed by atoms with Crippen LogP contribution in [0.2, 0.25) is 0 Å². The first kappa shape index (κ1) is 14.5. The van der Waals surface area contributed by atoms with Gasteiger partial charge in [-0.15, -0.1) is 0 Å². The molecule has 0 unspecified atom stereocenters. The molecule has 0 spiro atoms. The molecular weight excluding hydrogens is 290 g/mol. The van der Waals surface area contributed by atoms with Gasteiger partial charge in [0.1, 0.15) is 5.82 Å². The maximum atomic E-state index is 12.4. The van der Waals surface area contributed by atoms with Crippen LogP contribution in [0.1, 0.15) is 21.6 Å². The van der Waals surface area contributed by atoms with Crippen LogP contribution in [-0.2, 0) is 0 Å². The summed E-state index contributed by atoms with van der Waals surface area (Å²) in [5, 5.41) is 16.1. The van der Waals surface area contributed by atoms with E-state index in [0.717, 1.165) is 11.4 Å². The van der Waals surface area contributed by atoms with Gasteiger partial charge in [0.15, 0.2) is 0 Å². The van der Waals surface area contributed by atoms with E-state index in [2.05, 4.69) is 15.4 Å². The van der Waals surface area contributed by atoms with Gasteiger partial charge in [-0.3, -0.25) is 9.78 Å². The van der Waals surface area contributed by atoms with E-state index in [9.17, 15) is 4.79 Å². The fourth-order valence-electron chi connectivity index (χ4n) is 2.19. The van der Waals surface area contributed by atoms with Crippen LogP contribution >= 0.6 is 0 Å². The third-order valence-electron chi connectivity index (χ3n) is 3.23. The summed E-state index contributed by atoms with van der Waals surface area (Å²) in [4.78, 5) is 16.4. The Kier molecular flexibility index (Phi) is 3.85. The second-order valence-corrected chi connectivity index (χ2v) is 4.93. The normalized spacial score (nSPS) is 10.1.